The lowest BCUT2D eigenvalue weighted by molar-refractivity contribution is -0.145. The van der Waals surface area contributed by atoms with Gasteiger partial charge in [0.1, 0.15) is 5.75 Å². The molecule has 3 aromatic rings. The molecular formula is C25H29BrN4O5. The third kappa shape index (κ3) is 6.60. The van der Waals surface area contributed by atoms with Crippen molar-refractivity contribution in [1.82, 2.24) is 14.1 Å². The van der Waals surface area contributed by atoms with Gasteiger partial charge in [-0.2, -0.15) is 0 Å². The first-order valence-corrected chi connectivity index (χ1v) is 12.0. The molecule has 0 aliphatic rings. The number of rotatable bonds is 8. The minimum absolute atomic E-state index is 0.0286. The lowest BCUT2D eigenvalue weighted by Gasteiger charge is -2.14. The molecule has 0 saturated heterocycles. The summed E-state index contributed by atoms with van der Waals surface area (Å²) in [6.45, 7) is 7.44. The van der Waals surface area contributed by atoms with Crippen molar-refractivity contribution >= 4 is 27.6 Å². The van der Waals surface area contributed by atoms with Crippen LogP contribution in [-0.4, -0.2) is 33.3 Å². The van der Waals surface area contributed by atoms with Crippen LogP contribution in [0.2, 0.25) is 0 Å². The number of esters is 1. The number of hydrogen-bond donors (Lipinski definition) is 1. The van der Waals surface area contributed by atoms with Crippen LogP contribution in [0.1, 0.15) is 31.9 Å². The molecule has 35 heavy (non-hydrogen) atoms. The predicted octanol–water partition coefficient (Wildman–Crippen LogP) is 3.29. The van der Waals surface area contributed by atoms with E-state index in [0.717, 1.165) is 25.9 Å². The molecular weight excluding hydrogens is 516 g/mol. The quantitative estimate of drug-likeness (QED) is 0.438. The van der Waals surface area contributed by atoms with Gasteiger partial charge in [0.05, 0.1) is 31.4 Å². The van der Waals surface area contributed by atoms with Gasteiger partial charge in [-0.15, -0.1) is 0 Å². The molecule has 0 radical (unpaired) electrons. The maximum atomic E-state index is 13.4. The Balaban J connectivity index is 2.15. The van der Waals surface area contributed by atoms with Gasteiger partial charge in [-0.25, -0.2) is 19.1 Å². The van der Waals surface area contributed by atoms with E-state index in [0.29, 0.717) is 5.69 Å². The Hall–Kier alpha value is -3.40. The monoisotopic (exact) mass is 544 g/mol. The van der Waals surface area contributed by atoms with Crippen LogP contribution in [0.15, 0.2) is 61.5 Å². The molecule has 0 saturated carbocycles. The van der Waals surface area contributed by atoms with Crippen LogP contribution >= 0.6 is 15.9 Å². The molecule has 0 fully saturated rings. The summed E-state index contributed by atoms with van der Waals surface area (Å²) in [5, 5.41) is 0. The summed E-state index contributed by atoms with van der Waals surface area (Å²) in [4.78, 5) is 45.4. The number of aromatic amines is 1. The molecule has 1 atom stereocenters. The van der Waals surface area contributed by atoms with Crippen LogP contribution in [0.5, 0.6) is 5.75 Å². The van der Waals surface area contributed by atoms with E-state index in [1.54, 1.807) is 13.0 Å². The van der Waals surface area contributed by atoms with Crippen molar-refractivity contribution in [1.29, 1.82) is 0 Å². The number of aryl methyl sites for hydroxylation is 1. The molecule has 0 spiro atoms. The second-order valence-electron chi connectivity index (χ2n) is 8.51. The largest absolute Gasteiger partial charge is 0.491 e. The number of halogens is 1. The lowest BCUT2D eigenvalue weighted by Crippen LogP contribution is -2.51. The molecule has 1 N–H and O–H groups in total. The van der Waals surface area contributed by atoms with Crippen LogP contribution in [-0.2, 0) is 22.6 Å². The van der Waals surface area contributed by atoms with Crippen molar-refractivity contribution < 1.29 is 14.3 Å². The average molecular weight is 545 g/mol. The maximum Gasteiger partial charge on any atom is 0.335 e. The highest BCUT2D eigenvalue weighted by Crippen LogP contribution is 2.24. The number of H-pyrrole nitrogens is 1. The molecule has 1 aromatic heterocycles. The molecule has 0 unspecified atom stereocenters. The van der Waals surface area contributed by atoms with E-state index in [1.807, 2.05) is 57.2 Å². The van der Waals surface area contributed by atoms with Crippen molar-refractivity contribution in [3.05, 3.63) is 84.7 Å². The molecule has 9 nitrogen and oxygen atoms in total. The van der Waals surface area contributed by atoms with Crippen LogP contribution in [0.3, 0.4) is 0 Å². The summed E-state index contributed by atoms with van der Waals surface area (Å²) >= 11 is 3.41. The van der Waals surface area contributed by atoms with Crippen molar-refractivity contribution in [2.45, 2.75) is 46.9 Å². The van der Waals surface area contributed by atoms with E-state index in [9.17, 15) is 14.4 Å². The Kier molecular flexibility index (Phi) is 8.50. The molecule has 0 bridgehead atoms. The van der Waals surface area contributed by atoms with Crippen molar-refractivity contribution in [2.24, 2.45) is 10.9 Å². The summed E-state index contributed by atoms with van der Waals surface area (Å²) in [6.07, 6.45) is 0.0286. The molecule has 186 valence electrons. The highest BCUT2D eigenvalue weighted by atomic mass is 79.9. The number of nitrogens with zero attached hydrogens (tertiary/aromatic N) is 3. The Bertz CT molecular complexity index is 1390. The Morgan fingerprint density at radius 1 is 1.09 bits per heavy atom. The van der Waals surface area contributed by atoms with Gasteiger partial charge in [0.25, 0.3) is 0 Å². The number of benzene rings is 2. The van der Waals surface area contributed by atoms with Crippen LogP contribution in [0.25, 0.3) is 0 Å². The molecule has 0 aliphatic heterocycles. The zero-order chi connectivity index (χ0) is 25.7. The zero-order valence-electron chi connectivity index (χ0n) is 20.4. The van der Waals surface area contributed by atoms with Crippen molar-refractivity contribution in [3.63, 3.8) is 0 Å². The van der Waals surface area contributed by atoms with E-state index in [-0.39, 0.29) is 24.8 Å². The van der Waals surface area contributed by atoms with Gasteiger partial charge in [0.2, 0.25) is 5.62 Å². The summed E-state index contributed by atoms with van der Waals surface area (Å²) in [5.74, 6) is -0.454. The van der Waals surface area contributed by atoms with Gasteiger partial charge in [0, 0.05) is 11.0 Å². The van der Waals surface area contributed by atoms with Gasteiger partial charge in [-0.3, -0.25) is 14.3 Å². The normalized spacial score (nSPS) is 12.6. The van der Waals surface area contributed by atoms with Gasteiger partial charge in [0.15, 0.2) is 0 Å². The third-order valence-electron chi connectivity index (χ3n) is 5.25. The number of ether oxygens (including phenoxy) is 2. The average Bonchev–Trinajstić information content (AvgIpc) is 2.81. The Morgan fingerprint density at radius 3 is 2.37 bits per heavy atom. The van der Waals surface area contributed by atoms with Gasteiger partial charge < -0.3 is 9.47 Å². The van der Waals surface area contributed by atoms with E-state index < -0.39 is 23.3 Å². The number of carbonyl (C=O) groups excluding carboxylic acids is 1. The van der Waals surface area contributed by atoms with Gasteiger partial charge in [-0.1, -0.05) is 35.0 Å². The minimum atomic E-state index is -0.682. The first-order valence-electron chi connectivity index (χ1n) is 11.2. The summed E-state index contributed by atoms with van der Waals surface area (Å²) in [6, 6.07) is 12.9. The fourth-order valence-corrected chi connectivity index (χ4v) is 3.74. The first-order chi connectivity index (χ1) is 16.6. The maximum absolute atomic E-state index is 13.4. The summed E-state index contributed by atoms with van der Waals surface area (Å²) < 4.78 is 13.8. The highest BCUT2D eigenvalue weighted by molar-refractivity contribution is 9.10. The Labute approximate surface area is 211 Å². The number of hydrogen-bond acceptors (Lipinski definition) is 6. The first kappa shape index (κ1) is 26.2. The van der Waals surface area contributed by atoms with E-state index in [4.69, 9.17) is 9.47 Å². The van der Waals surface area contributed by atoms with Gasteiger partial charge in [-0.05, 0) is 62.2 Å². The van der Waals surface area contributed by atoms with Crippen molar-refractivity contribution in [2.75, 3.05) is 7.11 Å². The van der Waals surface area contributed by atoms with Crippen LogP contribution in [0, 0.1) is 12.8 Å². The molecule has 0 amide bonds. The van der Waals surface area contributed by atoms with Gasteiger partial charge >= 0.3 is 17.3 Å². The molecule has 2 aromatic carbocycles. The highest BCUT2D eigenvalue weighted by Gasteiger charge is 2.18. The summed E-state index contributed by atoms with van der Waals surface area (Å²) in [7, 11) is 1.26. The zero-order valence-corrected chi connectivity index (χ0v) is 22.0. The molecule has 0 aliphatic carbocycles. The smallest absolute Gasteiger partial charge is 0.335 e. The minimum Gasteiger partial charge on any atom is -0.491 e. The molecule has 1 heterocycles. The third-order valence-corrected chi connectivity index (χ3v) is 5.78. The topological polar surface area (TPSA) is 108 Å². The second kappa shape index (κ2) is 11.4. The number of aromatic nitrogens is 3. The van der Waals surface area contributed by atoms with E-state index in [2.05, 4.69) is 25.9 Å². The predicted molar refractivity (Wildman–Crippen MR) is 136 cm³/mol. The SMILES string of the molecule is COC(=O)[C@@H](C)Cn1c(=O)[nH]/c(=N/c2ccc(OC(C)C)c(C)c2)n(Cc2ccc(Br)cc2)c1=O. The fourth-order valence-electron chi connectivity index (χ4n) is 3.48. The standard InChI is InChI=1S/C25H29BrN4O5/c1-15(2)35-21-11-10-20(12-16(21)3)27-23-28-24(32)30(13-17(4)22(31)34-5)25(33)29(23)14-18-6-8-19(26)9-7-18/h6-12,15,17H,13-14H2,1-5H3,(H,27,28,32)/t17-/m0/s1. The van der Waals surface area contributed by atoms with E-state index in [1.165, 1.54) is 11.7 Å². The molecule has 3 rings (SSSR count). The second-order valence-corrected chi connectivity index (χ2v) is 9.43. The number of carbonyl (C=O) groups is 1. The van der Waals surface area contributed by atoms with Crippen LogP contribution < -0.4 is 21.7 Å². The number of methoxy groups -OCH3 is 1. The lowest BCUT2D eigenvalue weighted by atomic mass is 10.2. The fraction of sp³-hybridized carbons (Fsp3) is 0.360. The number of nitrogens with one attached hydrogen (secondary N) is 1. The summed E-state index contributed by atoms with van der Waals surface area (Å²) in [5.41, 5.74) is 1.13. The van der Waals surface area contributed by atoms with E-state index >= 15 is 0 Å². The van der Waals surface area contributed by atoms with Crippen LogP contribution in [0.4, 0.5) is 5.69 Å². The molecule has 10 heteroatoms. The Morgan fingerprint density at radius 2 is 1.77 bits per heavy atom. The van der Waals surface area contributed by atoms with Crippen molar-refractivity contribution in [3.8, 4) is 5.75 Å².